The van der Waals surface area contributed by atoms with E-state index in [2.05, 4.69) is 23.1 Å². The maximum Gasteiger partial charge on any atom is 0.308 e. The zero-order valence-corrected chi connectivity index (χ0v) is 10.0. The Kier molecular flexibility index (Phi) is 2.35. The van der Waals surface area contributed by atoms with Crippen LogP contribution in [-0.4, -0.2) is 24.2 Å². The highest BCUT2D eigenvalue weighted by Gasteiger charge is 2.46. The van der Waals surface area contributed by atoms with Crippen LogP contribution in [0.4, 0.5) is 5.69 Å². The average Bonchev–Trinajstić information content (AvgIpc) is 2.99. The molecule has 3 heteroatoms. The van der Waals surface area contributed by atoms with Gasteiger partial charge in [-0.3, -0.25) is 4.79 Å². The van der Waals surface area contributed by atoms with Crippen LogP contribution in [0.1, 0.15) is 24.0 Å². The molecule has 17 heavy (non-hydrogen) atoms. The van der Waals surface area contributed by atoms with Gasteiger partial charge >= 0.3 is 5.97 Å². The van der Waals surface area contributed by atoms with Crippen LogP contribution in [0.2, 0.25) is 0 Å². The molecule has 1 aromatic carbocycles. The summed E-state index contributed by atoms with van der Waals surface area (Å²) in [5.74, 6) is -0.837. The SMILES string of the molecule is CN(c1ccc2c(c1)CCC2)C1CC1C(=O)O. The Morgan fingerprint density at radius 2 is 2.12 bits per heavy atom. The van der Waals surface area contributed by atoms with E-state index in [-0.39, 0.29) is 12.0 Å². The summed E-state index contributed by atoms with van der Waals surface area (Å²) in [6, 6.07) is 6.75. The molecule has 0 heterocycles. The average molecular weight is 231 g/mol. The molecule has 2 aliphatic carbocycles. The van der Waals surface area contributed by atoms with Crippen molar-refractivity contribution in [1.82, 2.24) is 0 Å². The van der Waals surface area contributed by atoms with E-state index in [9.17, 15) is 4.79 Å². The molecule has 3 nitrogen and oxygen atoms in total. The van der Waals surface area contributed by atoms with Gasteiger partial charge in [-0.05, 0) is 48.9 Å². The molecule has 0 bridgehead atoms. The normalized spacial score (nSPS) is 25.5. The van der Waals surface area contributed by atoms with Crippen molar-refractivity contribution in [1.29, 1.82) is 0 Å². The molecule has 90 valence electrons. The van der Waals surface area contributed by atoms with Gasteiger partial charge in [-0.25, -0.2) is 0 Å². The minimum absolute atomic E-state index is 0.173. The summed E-state index contributed by atoms with van der Waals surface area (Å²) in [5, 5.41) is 8.95. The van der Waals surface area contributed by atoms with Crippen LogP contribution >= 0.6 is 0 Å². The van der Waals surface area contributed by atoms with Crippen LogP contribution < -0.4 is 4.90 Å². The molecule has 3 rings (SSSR count). The number of aryl methyl sites for hydroxylation is 2. The van der Waals surface area contributed by atoms with Crippen molar-refractivity contribution in [3.63, 3.8) is 0 Å². The molecule has 1 N–H and O–H groups in total. The largest absolute Gasteiger partial charge is 0.481 e. The van der Waals surface area contributed by atoms with Crippen LogP contribution in [0.25, 0.3) is 0 Å². The highest BCUT2D eigenvalue weighted by atomic mass is 16.4. The lowest BCUT2D eigenvalue weighted by molar-refractivity contribution is -0.138. The fourth-order valence-electron chi connectivity index (χ4n) is 2.84. The first-order valence-corrected chi connectivity index (χ1v) is 6.24. The number of hydrogen-bond acceptors (Lipinski definition) is 2. The Morgan fingerprint density at radius 1 is 1.35 bits per heavy atom. The maximum atomic E-state index is 10.9. The number of hydrogen-bond donors (Lipinski definition) is 1. The standard InChI is InChI=1S/C14H17NO2/c1-15(13-8-12(13)14(16)17)11-6-5-9-3-2-4-10(9)7-11/h5-7,12-13H,2-4,8H2,1H3,(H,16,17). The topological polar surface area (TPSA) is 40.5 Å². The van der Waals surface area contributed by atoms with E-state index >= 15 is 0 Å². The summed E-state index contributed by atoms with van der Waals surface area (Å²) < 4.78 is 0. The zero-order valence-electron chi connectivity index (χ0n) is 10.0. The van der Waals surface area contributed by atoms with Gasteiger partial charge in [0.25, 0.3) is 0 Å². The number of carboxylic acid groups (broad SMARTS) is 1. The van der Waals surface area contributed by atoms with E-state index in [1.807, 2.05) is 7.05 Å². The van der Waals surface area contributed by atoms with Gasteiger partial charge in [-0.2, -0.15) is 0 Å². The van der Waals surface area contributed by atoms with Crippen LogP contribution in [0.15, 0.2) is 18.2 Å². The molecule has 1 fully saturated rings. The number of anilines is 1. The first-order valence-electron chi connectivity index (χ1n) is 6.24. The number of carboxylic acids is 1. The predicted molar refractivity (Wildman–Crippen MR) is 66.4 cm³/mol. The van der Waals surface area contributed by atoms with Crippen molar-refractivity contribution in [2.45, 2.75) is 31.7 Å². The van der Waals surface area contributed by atoms with Crippen molar-refractivity contribution < 1.29 is 9.90 Å². The van der Waals surface area contributed by atoms with Gasteiger partial charge in [0.1, 0.15) is 0 Å². The minimum atomic E-state index is -0.664. The maximum absolute atomic E-state index is 10.9. The second kappa shape index (κ2) is 3.76. The van der Waals surface area contributed by atoms with E-state index in [0.717, 1.165) is 6.42 Å². The molecule has 2 aliphatic rings. The summed E-state index contributed by atoms with van der Waals surface area (Å²) in [5.41, 5.74) is 4.08. The van der Waals surface area contributed by atoms with Crippen molar-refractivity contribution in [2.75, 3.05) is 11.9 Å². The van der Waals surface area contributed by atoms with Crippen molar-refractivity contribution in [2.24, 2.45) is 5.92 Å². The van der Waals surface area contributed by atoms with E-state index in [0.29, 0.717) is 0 Å². The number of aliphatic carboxylic acids is 1. The second-order valence-electron chi connectivity index (χ2n) is 5.17. The van der Waals surface area contributed by atoms with Gasteiger partial charge in [0, 0.05) is 18.8 Å². The van der Waals surface area contributed by atoms with Crippen LogP contribution in [-0.2, 0) is 17.6 Å². The summed E-state index contributed by atoms with van der Waals surface area (Å²) >= 11 is 0. The lowest BCUT2D eigenvalue weighted by Crippen LogP contribution is -2.23. The Hall–Kier alpha value is -1.51. The molecule has 0 spiro atoms. The molecule has 0 saturated heterocycles. The lowest BCUT2D eigenvalue weighted by Gasteiger charge is -2.20. The van der Waals surface area contributed by atoms with E-state index in [1.54, 1.807) is 0 Å². The summed E-state index contributed by atoms with van der Waals surface area (Å²) in [7, 11) is 2.00. The second-order valence-corrected chi connectivity index (χ2v) is 5.17. The summed E-state index contributed by atoms with van der Waals surface area (Å²) in [6.45, 7) is 0. The van der Waals surface area contributed by atoms with Crippen LogP contribution in [0, 0.1) is 5.92 Å². The van der Waals surface area contributed by atoms with E-state index < -0.39 is 5.97 Å². The number of benzene rings is 1. The van der Waals surface area contributed by atoms with Gasteiger partial charge < -0.3 is 10.0 Å². The molecular formula is C14H17NO2. The fourth-order valence-corrected chi connectivity index (χ4v) is 2.84. The third-order valence-corrected chi connectivity index (χ3v) is 4.06. The predicted octanol–water partition coefficient (Wildman–Crippen LogP) is 2.08. The highest BCUT2D eigenvalue weighted by Crippen LogP contribution is 2.38. The Morgan fingerprint density at radius 3 is 2.82 bits per heavy atom. The Bertz CT molecular complexity index is 469. The first-order chi connectivity index (χ1) is 8.16. The molecular weight excluding hydrogens is 214 g/mol. The Labute approximate surface area is 101 Å². The third-order valence-electron chi connectivity index (χ3n) is 4.06. The number of nitrogens with zero attached hydrogens (tertiary/aromatic N) is 1. The molecule has 1 aromatic rings. The molecule has 2 unspecified atom stereocenters. The minimum Gasteiger partial charge on any atom is -0.481 e. The third kappa shape index (κ3) is 1.79. The van der Waals surface area contributed by atoms with Gasteiger partial charge in [0.2, 0.25) is 0 Å². The van der Waals surface area contributed by atoms with Crippen molar-refractivity contribution in [3.8, 4) is 0 Å². The Balaban J connectivity index is 1.79. The van der Waals surface area contributed by atoms with Gasteiger partial charge in [-0.1, -0.05) is 6.07 Å². The lowest BCUT2D eigenvalue weighted by atomic mass is 10.1. The van der Waals surface area contributed by atoms with Crippen molar-refractivity contribution >= 4 is 11.7 Å². The summed E-state index contributed by atoms with van der Waals surface area (Å²) in [4.78, 5) is 13.0. The molecule has 0 aliphatic heterocycles. The zero-order chi connectivity index (χ0) is 12.0. The quantitative estimate of drug-likeness (QED) is 0.866. The van der Waals surface area contributed by atoms with Crippen LogP contribution in [0.3, 0.4) is 0 Å². The van der Waals surface area contributed by atoms with Crippen molar-refractivity contribution in [3.05, 3.63) is 29.3 Å². The monoisotopic (exact) mass is 231 g/mol. The molecule has 1 saturated carbocycles. The molecule has 0 aromatic heterocycles. The van der Waals surface area contributed by atoms with Gasteiger partial charge in [0.05, 0.1) is 5.92 Å². The highest BCUT2D eigenvalue weighted by molar-refractivity contribution is 5.76. The van der Waals surface area contributed by atoms with E-state index in [1.165, 1.54) is 36.1 Å². The molecule has 0 amide bonds. The smallest absolute Gasteiger partial charge is 0.308 e. The molecule has 2 atom stereocenters. The first kappa shape index (κ1) is 10.6. The molecule has 0 radical (unpaired) electrons. The fraction of sp³-hybridized carbons (Fsp3) is 0.500. The summed E-state index contributed by atoms with van der Waals surface area (Å²) in [6.07, 6.45) is 4.40. The van der Waals surface area contributed by atoms with E-state index in [4.69, 9.17) is 5.11 Å². The van der Waals surface area contributed by atoms with Gasteiger partial charge in [-0.15, -0.1) is 0 Å². The number of fused-ring (bicyclic) bond motifs is 1. The van der Waals surface area contributed by atoms with Crippen LogP contribution in [0.5, 0.6) is 0 Å². The van der Waals surface area contributed by atoms with Gasteiger partial charge in [0.15, 0.2) is 0 Å². The number of carbonyl (C=O) groups is 1. The number of rotatable bonds is 3.